The molecular weight excluding hydrogens is 284 g/mol. The van der Waals surface area contributed by atoms with Gasteiger partial charge in [-0.15, -0.1) is 0 Å². The summed E-state index contributed by atoms with van der Waals surface area (Å²) in [7, 11) is 0. The summed E-state index contributed by atoms with van der Waals surface area (Å²) in [5, 5.41) is 5.40. The Kier molecular flexibility index (Phi) is 3.95. The van der Waals surface area contributed by atoms with E-state index in [0.717, 1.165) is 5.56 Å². The van der Waals surface area contributed by atoms with Gasteiger partial charge in [0.1, 0.15) is 12.1 Å². The van der Waals surface area contributed by atoms with Gasteiger partial charge in [0.15, 0.2) is 6.23 Å². The molecule has 0 bridgehead atoms. The fraction of sp³-hybridized carbons (Fsp3) is 0.200. The third kappa shape index (κ3) is 3.38. The Labute approximate surface area is 126 Å². The number of nitrogens with one attached hydrogen (secondary N) is 2. The van der Waals surface area contributed by atoms with Crippen LogP contribution in [0.15, 0.2) is 43.0 Å². The highest BCUT2D eigenvalue weighted by Crippen LogP contribution is 2.17. The van der Waals surface area contributed by atoms with E-state index in [-0.39, 0.29) is 18.0 Å². The van der Waals surface area contributed by atoms with Crippen molar-refractivity contribution < 1.29 is 14.3 Å². The molecule has 2 heterocycles. The standard InChI is InChI=1S/C15H14N4O3/c20-13-5-14(19-13)22-12-3-1-2-11(4-12)15(21)18-8-10-6-16-9-17-7-10/h1-4,6-7,9,14H,5,8H2,(H,18,21)(H,19,20). The van der Waals surface area contributed by atoms with Gasteiger partial charge in [0, 0.05) is 30.1 Å². The number of amides is 2. The molecule has 22 heavy (non-hydrogen) atoms. The minimum absolute atomic E-state index is 0.0380. The monoisotopic (exact) mass is 298 g/mol. The molecule has 1 atom stereocenters. The second-order valence-corrected chi connectivity index (χ2v) is 4.84. The van der Waals surface area contributed by atoms with Crippen LogP contribution in [0.25, 0.3) is 0 Å². The van der Waals surface area contributed by atoms with Crippen LogP contribution in [0.3, 0.4) is 0 Å². The first kappa shape index (κ1) is 14.0. The summed E-state index contributed by atoms with van der Waals surface area (Å²) in [6.45, 7) is 0.351. The Bertz CT molecular complexity index is 682. The molecule has 1 saturated heterocycles. The number of hydrogen-bond acceptors (Lipinski definition) is 5. The summed E-state index contributed by atoms with van der Waals surface area (Å²) in [6, 6.07) is 6.81. The van der Waals surface area contributed by atoms with E-state index in [1.165, 1.54) is 6.33 Å². The Balaban J connectivity index is 1.59. The van der Waals surface area contributed by atoms with E-state index in [4.69, 9.17) is 4.74 Å². The Morgan fingerprint density at radius 2 is 2.14 bits per heavy atom. The second kappa shape index (κ2) is 6.21. The lowest BCUT2D eigenvalue weighted by Crippen LogP contribution is -2.51. The number of carbonyl (C=O) groups excluding carboxylic acids is 2. The average molecular weight is 298 g/mol. The molecule has 7 heteroatoms. The minimum Gasteiger partial charge on any atom is -0.470 e. The summed E-state index contributed by atoms with van der Waals surface area (Å²) in [5.74, 6) is 0.289. The summed E-state index contributed by atoms with van der Waals surface area (Å²) >= 11 is 0. The molecule has 0 spiro atoms. The van der Waals surface area contributed by atoms with Gasteiger partial charge in [0.05, 0.1) is 6.42 Å². The van der Waals surface area contributed by atoms with Gasteiger partial charge in [-0.1, -0.05) is 6.07 Å². The van der Waals surface area contributed by atoms with Crippen molar-refractivity contribution in [2.75, 3.05) is 0 Å². The Morgan fingerprint density at radius 1 is 1.36 bits per heavy atom. The lowest BCUT2D eigenvalue weighted by molar-refractivity contribution is -0.134. The van der Waals surface area contributed by atoms with Gasteiger partial charge in [0.2, 0.25) is 5.91 Å². The van der Waals surface area contributed by atoms with Gasteiger partial charge >= 0.3 is 0 Å². The number of rotatable bonds is 5. The van der Waals surface area contributed by atoms with E-state index in [9.17, 15) is 9.59 Å². The zero-order chi connectivity index (χ0) is 15.4. The molecule has 1 aromatic heterocycles. The van der Waals surface area contributed by atoms with Crippen LogP contribution in [-0.2, 0) is 11.3 Å². The highest BCUT2D eigenvalue weighted by Gasteiger charge is 2.26. The lowest BCUT2D eigenvalue weighted by Gasteiger charge is -2.27. The van der Waals surface area contributed by atoms with Crippen LogP contribution in [0.1, 0.15) is 22.3 Å². The van der Waals surface area contributed by atoms with Crippen molar-refractivity contribution in [2.24, 2.45) is 0 Å². The molecule has 3 rings (SSSR count). The van der Waals surface area contributed by atoms with Crippen LogP contribution in [-0.4, -0.2) is 28.0 Å². The predicted octanol–water partition coefficient (Wildman–Crippen LogP) is 0.631. The fourth-order valence-corrected chi connectivity index (χ4v) is 1.98. The van der Waals surface area contributed by atoms with Crippen molar-refractivity contribution in [1.29, 1.82) is 0 Å². The van der Waals surface area contributed by atoms with Crippen LogP contribution in [0.5, 0.6) is 5.75 Å². The first-order chi connectivity index (χ1) is 10.7. The maximum atomic E-state index is 12.1. The summed E-state index contributed by atoms with van der Waals surface area (Å²) in [5.41, 5.74) is 1.31. The Morgan fingerprint density at radius 3 is 2.86 bits per heavy atom. The van der Waals surface area contributed by atoms with Gasteiger partial charge in [0.25, 0.3) is 5.91 Å². The molecule has 0 saturated carbocycles. The third-order valence-corrected chi connectivity index (χ3v) is 3.13. The summed E-state index contributed by atoms with van der Waals surface area (Å²) < 4.78 is 5.54. The van der Waals surface area contributed by atoms with E-state index in [1.807, 2.05) is 0 Å². The fourth-order valence-electron chi connectivity index (χ4n) is 1.98. The van der Waals surface area contributed by atoms with E-state index in [1.54, 1.807) is 36.7 Å². The quantitative estimate of drug-likeness (QED) is 0.790. The van der Waals surface area contributed by atoms with E-state index in [0.29, 0.717) is 24.3 Å². The molecule has 2 N–H and O–H groups in total. The lowest BCUT2D eigenvalue weighted by atomic mass is 10.2. The van der Waals surface area contributed by atoms with Gasteiger partial charge in [-0.2, -0.15) is 0 Å². The normalized spacial score (nSPS) is 16.4. The van der Waals surface area contributed by atoms with Crippen molar-refractivity contribution in [1.82, 2.24) is 20.6 Å². The van der Waals surface area contributed by atoms with Crippen LogP contribution >= 0.6 is 0 Å². The number of carbonyl (C=O) groups is 2. The van der Waals surface area contributed by atoms with Crippen molar-refractivity contribution in [3.63, 3.8) is 0 Å². The van der Waals surface area contributed by atoms with E-state index >= 15 is 0 Å². The molecule has 1 fully saturated rings. The van der Waals surface area contributed by atoms with Crippen LogP contribution in [0.2, 0.25) is 0 Å². The van der Waals surface area contributed by atoms with Crippen molar-refractivity contribution in [3.05, 3.63) is 54.1 Å². The van der Waals surface area contributed by atoms with Gasteiger partial charge in [-0.25, -0.2) is 9.97 Å². The molecule has 112 valence electrons. The number of aromatic nitrogens is 2. The zero-order valence-corrected chi connectivity index (χ0v) is 11.7. The molecule has 0 radical (unpaired) electrons. The van der Waals surface area contributed by atoms with Gasteiger partial charge in [-0.3, -0.25) is 9.59 Å². The second-order valence-electron chi connectivity index (χ2n) is 4.84. The maximum absolute atomic E-state index is 12.1. The first-order valence-electron chi connectivity index (χ1n) is 6.79. The van der Waals surface area contributed by atoms with Crippen LogP contribution in [0, 0.1) is 0 Å². The van der Waals surface area contributed by atoms with Crippen molar-refractivity contribution >= 4 is 11.8 Å². The molecule has 0 aliphatic carbocycles. The van der Waals surface area contributed by atoms with Gasteiger partial charge in [-0.05, 0) is 18.2 Å². The van der Waals surface area contributed by atoms with Crippen LogP contribution < -0.4 is 15.4 Å². The SMILES string of the molecule is O=C1CC(Oc2cccc(C(=O)NCc3cncnc3)c2)N1. The van der Waals surface area contributed by atoms with Crippen molar-refractivity contribution in [2.45, 2.75) is 19.2 Å². The first-order valence-corrected chi connectivity index (χ1v) is 6.79. The number of ether oxygens (including phenoxy) is 1. The predicted molar refractivity (Wildman–Crippen MR) is 76.8 cm³/mol. The minimum atomic E-state index is -0.313. The number of nitrogens with zero attached hydrogens (tertiary/aromatic N) is 2. The third-order valence-electron chi connectivity index (χ3n) is 3.13. The highest BCUT2D eigenvalue weighted by atomic mass is 16.5. The number of β-lactam (4-membered cyclic amide) rings is 1. The zero-order valence-electron chi connectivity index (χ0n) is 11.7. The highest BCUT2D eigenvalue weighted by molar-refractivity contribution is 5.94. The topological polar surface area (TPSA) is 93.2 Å². The number of hydrogen-bond donors (Lipinski definition) is 2. The summed E-state index contributed by atoms with van der Waals surface area (Å²) in [6.07, 6.45) is 4.75. The van der Waals surface area contributed by atoms with E-state index < -0.39 is 0 Å². The van der Waals surface area contributed by atoms with E-state index in [2.05, 4.69) is 20.6 Å². The molecule has 1 unspecified atom stereocenters. The largest absolute Gasteiger partial charge is 0.470 e. The molecular formula is C15H14N4O3. The molecule has 2 amide bonds. The molecule has 1 aliphatic heterocycles. The van der Waals surface area contributed by atoms with Crippen molar-refractivity contribution in [3.8, 4) is 5.75 Å². The number of benzene rings is 1. The summed E-state index contributed by atoms with van der Waals surface area (Å²) in [4.78, 5) is 30.7. The smallest absolute Gasteiger partial charge is 0.251 e. The molecule has 2 aromatic rings. The Hall–Kier alpha value is -2.96. The van der Waals surface area contributed by atoms with Gasteiger partial charge < -0.3 is 15.4 Å². The molecule has 7 nitrogen and oxygen atoms in total. The molecule has 1 aliphatic rings. The maximum Gasteiger partial charge on any atom is 0.251 e. The van der Waals surface area contributed by atoms with Crippen LogP contribution in [0.4, 0.5) is 0 Å². The average Bonchev–Trinajstić information content (AvgIpc) is 2.52. The molecule has 1 aromatic carbocycles.